The normalized spacial score (nSPS) is 24.4. The Kier molecular flexibility index (Phi) is 6.54. The number of hydrogen-bond acceptors (Lipinski definition) is 8. The number of para-hydroxylation sites is 1. The number of benzene rings is 1. The van der Waals surface area contributed by atoms with Crippen molar-refractivity contribution in [2.24, 2.45) is 0 Å². The molecule has 3 aliphatic rings. The first kappa shape index (κ1) is 28.5. The Balaban J connectivity index is 1.15. The minimum Gasteiger partial charge on any atom is -0.444 e. The van der Waals surface area contributed by atoms with Gasteiger partial charge >= 0.3 is 12.7 Å². The molecule has 7 rings (SSSR count). The van der Waals surface area contributed by atoms with Gasteiger partial charge in [-0.25, -0.2) is 19.7 Å². The van der Waals surface area contributed by atoms with Gasteiger partial charge in [-0.05, 0) is 58.7 Å². The molecule has 12 heteroatoms. The molecule has 2 saturated heterocycles. The molecule has 1 aliphatic carbocycles. The second-order valence-corrected chi connectivity index (χ2v) is 13.0. The Morgan fingerprint density at radius 3 is 2.50 bits per heavy atom. The van der Waals surface area contributed by atoms with E-state index in [-0.39, 0.29) is 30.3 Å². The van der Waals surface area contributed by atoms with E-state index in [0.717, 1.165) is 23.2 Å². The Morgan fingerprint density at radius 2 is 1.82 bits per heavy atom. The van der Waals surface area contributed by atoms with Crippen LogP contribution in [0.1, 0.15) is 63.4 Å². The van der Waals surface area contributed by atoms with Crippen LogP contribution in [0.4, 0.5) is 19.5 Å². The van der Waals surface area contributed by atoms with E-state index in [4.69, 9.17) is 14.5 Å². The number of pyridine rings is 1. The molecule has 1 N–H and O–H groups in total. The fourth-order valence-corrected chi connectivity index (χ4v) is 6.86. The summed E-state index contributed by atoms with van der Waals surface area (Å²) in [4.78, 5) is 30.7. The van der Waals surface area contributed by atoms with Gasteiger partial charge in [-0.1, -0.05) is 18.2 Å². The molecule has 4 aromatic rings. The predicted molar refractivity (Wildman–Crippen MR) is 158 cm³/mol. The molecule has 2 bridgehead atoms. The second kappa shape index (κ2) is 10.1. The molecule has 4 unspecified atom stereocenters. The molecular weight excluding hydrogens is 570 g/mol. The molecule has 1 amide bonds. The molecule has 2 aliphatic heterocycles. The maximum atomic E-state index is 13.2. The summed E-state index contributed by atoms with van der Waals surface area (Å²) in [5.74, 6) is 0.280. The van der Waals surface area contributed by atoms with E-state index in [1.807, 2.05) is 48.4 Å². The molecule has 44 heavy (non-hydrogen) atoms. The molecular formula is C32H34F2N6O4. The fourth-order valence-electron chi connectivity index (χ4n) is 6.86. The third kappa shape index (κ3) is 4.90. The number of halogens is 2. The van der Waals surface area contributed by atoms with E-state index in [2.05, 4.69) is 14.9 Å². The first-order chi connectivity index (χ1) is 20.9. The van der Waals surface area contributed by atoms with Gasteiger partial charge in [0, 0.05) is 54.3 Å². The zero-order valence-electron chi connectivity index (χ0n) is 24.9. The molecule has 10 nitrogen and oxygen atoms in total. The number of imidazole rings is 1. The number of carbonyl (C=O) groups excluding carboxylic acids is 1. The zero-order chi connectivity index (χ0) is 31.0. The van der Waals surface area contributed by atoms with Crippen LogP contribution in [0.2, 0.25) is 0 Å². The number of alkyl halides is 2. The van der Waals surface area contributed by atoms with Crippen LogP contribution in [0.5, 0.6) is 5.75 Å². The van der Waals surface area contributed by atoms with Crippen molar-refractivity contribution in [2.45, 2.75) is 76.4 Å². The number of piperazine rings is 1. The van der Waals surface area contributed by atoms with Crippen LogP contribution in [0.15, 0.2) is 55.0 Å². The first-order valence-electron chi connectivity index (χ1n) is 14.8. The van der Waals surface area contributed by atoms with Crippen molar-refractivity contribution in [3.63, 3.8) is 0 Å². The lowest BCUT2D eigenvalue weighted by Gasteiger charge is -2.35. The molecule has 2 fully saturated rings. The van der Waals surface area contributed by atoms with Gasteiger partial charge < -0.3 is 28.8 Å². The van der Waals surface area contributed by atoms with Crippen molar-refractivity contribution in [3.8, 4) is 16.9 Å². The lowest BCUT2D eigenvalue weighted by Crippen LogP contribution is -2.50. The van der Waals surface area contributed by atoms with Gasteiger partial charge in [0.05, 0.1) is 23.5 Å². The molecule has 3 aromatic heterocycles. The van der Waals surface area contributed by atoms with Crippen molar-refractivity contribution in [1.29, 1.82) is 0 Å². The van der Waals surface area contributed by atoms with Crippen LogP contribution in [0, 0.1) is 0 Å². The molecule has 5 heterocycles. The predicted octanol–water partition coefficient (Wildman–Crippen LogP) is 5.33. The highest BCUT2D eigenvalue weighted by molar-refractivity contribution is 5.70. The van der Waals surface area contributed by atoms with E-state index in [0.29, 0.717) is 35.9 Å². The van der Waals surface area contributed by atoms with Crippen molar-refractivity contribution in [2.75, 3.05) is 18.0 Å². The highest BCUT2D eigenvalue weighted by Gasteiger charge is 2.48. The molecule has 1 aromatic carbocycles. The quantitative estimate of drug-likeness (QED) is 0.326. The highest BCUT2D eigenvalue weighted by atomic mass is 19.3. The summed E-state index contributed by atoms with van der Waals surface area (Å²) in [6.07, 6.45) is 6.32. The number of likely N-dealkylation sites (tertiary alicyclic amines) is 1. The van der Waals surface area contributed by atoms with E-state index in [1.165, 1.54) is 6.07 Å². The van der Waals surface area contributed by atoms with Crippen LogP contribution in [0.25, 0.3) is 16.8 Å². The fraction of sp³-hybridized carbons (Fsp3) is 0.438. The third-order valence-corrected chi connectivity index (χ3v) is 8.70. The van der Waals surface area contributed by atoms with Gasteiger partial charge in [0.25, 0.3) is 0 Å². The number of fused-ring (bicyclic) bond motifs is 5. The van der Waals surface area contributed by atoms with E-state index >= 15 is 0 Å². The number of nitrogens with zero attached hydrogens (tertiary/aromatic N) is 6. The summed E-state index contributed by atoms with van der Waals surface area (Å²) in [6.45, 7) is 5.55. The van der Waals surface area contributed by atoms with Gasteiger partial charge in [0.1, 0.15) is 22.6 Å². The molecule has 0 spiro atoms. The van der Waals surface area contributed by atoms with Gasteiger partial charge in [0.15, 0.2) is 0 Å². The number of anilines is 1. The van der Waals surface area contributed by atoms with Gasteiger partial charge in [-0.3, -0.25) is 0 Å². The highest BCUT2D eigenvalue weighted by Crippen LogP contribution is 2.49. The van der Waals surface area contributed by atoms with Crippen LogP contribution in [-0.2, 0) is 10.3 Å². The topological polar surface area (TPSA) is 105 Å². The van der Waals surface area contributed by atoms with Gasteiger partial charge in [-0.15, -0.1) is 0 Å². The van der Waals surface area contributed by atoms with Crippen LogP contribution in [-0.4, -0.2) is 72.8 Å². The van der Waals surface area contributed by atoms with Gasteiger partial charge in [0.2, 0.25) is 5.95 Å². The summed E-state index contributed by atoms with van der Waals surface area (Å²) in [5.41, 5.74) is 2.30. The smallest absolute Gasteiger partial charge is 0.410 e. The average molecular weight is 605 g/mol. The van der Waals surface area contributed by atoms with Crippen molar-refractivity contribution < 1.29 is 28.2 Å². The lowest BCUT2D eigenvalue weighted by atomic mass is 9.93. The third-order valence-electron chi connectivity index (χ3n) is 8.70. The summed E-state index contributed by atoms with van der Waals surface area (Å²) in [6, 6.07) is 10.7. The first-order valence-corrected chi connectivity index (χ1v) is 14.8. The molecule has 0 saturated carbocycles. The molecule has 230 valence electrons. The van der Waals surface area contributed by atoms with Crippen LogP contribution in [0.3, 0.4) is 0 Å². The monoisotopic (exact) mass is 604 g/mol. The minimum absolute atomic E-state index is 0.0604. The summed E-state index contributed by atoms with van der Waals surface area (Å²) < 4.78 is 38.8. The molecule has 4 atom stereocenters. The minimum atomic E-state index is -2.96. The molecule has 0 radical (unpaired) electrons. The maximum Gasteiger partial charge on any atom is 0.410 e. The summed E-state index contributed by atoms with van der Waals surface area (Å²) >= 11 is 0. The largest absolute Gasteiger partial charge is 0.444 e. The van der Waals surface area contributed by atoms with Gasteiger partial charge in [-0.2, -0.15) is 8.78 Å². The van der Waals surface area contributed by atoms with Crippen LogP contribution >= 0.6 is 0 Å². The summed E-state index contributed by atoms with van der Waals surface area (Å²) in [7, 11) is 0. The maximum absolute atomic E-state index is 13.2. The van der Waals surface area contributed by atoms with Crippen molar-refractivity contribution >= 4 is 17.7 Å². The zero-order valence-corrected chi connectivity index (χ0v) is 24.9. The number of aromatic nitrogens is 4. The summed E-state index contributed by atoms with van der Waals surface area (Å²) in [5, 5.41) is 11.3. The Bertz CT molecular complexity index is 1740. The number of ether oxygens (including phenoxy) is 2. The lowest BCUT2D eigenvalue weighted by molar-refractivity contribution is -0.0506. The van der Waals surface area contributed by atoms with Crippen molar-refractivity contribution in [1.82, 2.24) is 24.3 Å². The number of aliphatic hydroxyl groups is 1. The standard InChI is InChI=1S/C32H34F2N6O4/c1-31(2,3)44-30(41)39-17-20-11-21(39)16-38(20)29-35-13-19(14-36-29)18-9-10-25-37-27-26(40(25)15-18)23(12-32(27,4)42)22-7-5-6-8-24(22)43-28(33)34/h5-10,13-15,20-21,23,28,42H,11-12,16-17H2,1-4H3. The number of hydrogen-bond donors (Lipinski definition) is 1. The van der Waals surface area contributed by atoms with Crippen molar-refractivity contribution in [3.05, 3.63) is 71.9 Å². The second-order valence-electron chi connectivity index (χ2n) is 13.0. The Hall–Kier alpha value is -4.32. The Labute approximate surface area is 253 Å². The number of rotatable bonds is 5. The van der Waals surface area contributed by atoms with Crippen LogP contribution < -0.4 is 9.64 Å². The SMILES string of the molecule is CC(C)(C)OC(=O)N1CC2CC1CN2c1ncc(-c2ccc3nc4c(n3c2)C(c2ccccc2OC(F)F)CC4(C)O)cn1. The number of amides is 1. The Morgan fingerprint density at radius 1 is 1.07 bits per heavy atom. The average Bonchev–Trinajstić information content (AvgIpc) is 3.72. The van der Waals surface area contributed by atoms with E-state index in [1.54, 1.807) is 37.5 Å². The van der Waals surface area contributed by atoms with E-state index < -0.39 is 23.7 Å². The number of carbonyl (C=O) groups is 1. The van der Waals surface area contributed by atoms with E-state index in [9.17, 15) is 18.7 Å².